The second kappa shape index (κ2) is 4.38. The fourth-order valence-electron chi connectivity index (χ4n) is 1.75. The SMILES string of the molecule is CC1N=C(N)NC(N(C)CC2=CCC=C2)=N1. The van der Waals surface area contributed by atoms with E-state index in [1.807, 2.05) is 18.9 Å². The van der Waals surface area contributed by atoms with Crippen LogP contribution in [0.5, 0.6) is 0 Å². The number of guanidine groups is 2. The fourth-order valence-corrected chi connectivity index (χ4v) is 1.75. The van der Waals surface area contributed by atoms with Gasteiger partial charge in [0.25, 0.3) is 0 Å². The Bertz CT molecular complexity index is 391. The lowest BCUT2D eigenvalue weighted by Gasteiger charge is -2.25. The molecular weight excluding hydrogens is 202 g/mol. The average molecular weight is 219 g/mol. The number of allylic oxidation sites excluding steroid dienone is 2. The van der Waals surface area contributed by atoms with Gasteiger partial charge in [0.05, 0.1) is 0 Å². The molecule has 0 radical (unpaired) electrons. The van der Waals surface area contributed by atoms with Gasteiger partial charge in [-0.3, -0.25) is 5.32 Å². The average Bonchev–Trinajstić information content (AvgIpc) is 2.68. The highest BCUT2D eigenvalue weighted by atomic mass is 15.4. The van der Waals surface area contributed by atoms with E-state index in [0.29, 0.717) is 5.96 Å². The maximum absolute atomic E-state index is 5.66. The molecule has 86 valence electrons. The zero-order valence-electron chi connectivity index (χ0n) is 9.64. The maximum Gasteiger partial charge on any atom is 0.202 e. The van der Waals surface area contributed by atoms with E-state index < -0.39 is 0 Å². The minimum absolute atomic E-state index is 0.105. The molecule has 0 aromatic carbocycles. The van der Waals surface area contributed by atoms with Crippen molar-refractivity contribution >= 4 is 11.9 Å². The van der Waals surface area contributed by atoms with Crippen LogP contribution >= 0.6 is 0 Å². The minimum Gasteiger partial charge on any atom is -0.370 e. The molecule has 2 aliphatic rings. The van der Waals surface area contributed by atoms with E-state index in [9.17, 15) is 0 Å². The van der Waals surface area contributed by atoms with Gasteiger partial charge < -0.3 is 10.6 Å². The van der Waals surface area contributed by atoms with Crippen molar-refractivity contribution in [1.82, 2.24) is 10.2 Å². The van der Waals surface area contributed by atoms with Crippen molar-refractivity contribution in [1.29, 1.82) is 0 Å². The number of likely N-dealkylation sites (N-methyl/N-ethyl adjacent to an activating group) is 1. The van der Waals surface area contributed by atoms with Crippen molar-refractivity contribution in [2.24, 2.45) is 15.7 Å². The summed E-state index contributed by atoms with van der Waals surface area (Å²) in [6.45, 7) is 2.75. The van der Waals surface area contributed by atoms with Crippen LogP contribution < -0.4 is 11.1 Å². The lowest BCUT2D eigenvalue weighted by Crippen LogP contribution is -2.49. The molecule has 0 fully saturated rings. The van der Waals surface area contributed by atoms with Gasteiger partial charge in [0.1, 0.15) is 6.17 Å². The third-order valence-corrected chi connectivity index (χ3v) is 2.50. The summed E-state index contributed by atoms with van der Waals surface area (Å²) in [5.41, 5.74) is 6.97. The number of nitrogens with zero attached hydrogens (tertiary/aromatic N) is 3. The predicted molar refractivity (Wildman–Crippen MR) is 66.1 cm³/mol. The standard InChI is InChI=1S/C11H17N5/c1-8-13-10(12)15-11(14-8)16(2)7-9-5-3-4-6-9/h3,5-6,8H,4,7H2,1-2H3,(H3,12,13,14,15). The molecule has 1 heterocycles. The van der Waals surface area contributed by atoms with E-state index in [4.69, 9.17) is 5.73 Å². The lowest BCUT2D eigenvalue weighted by atomic mass is 10.3. The largest absolute Gasteiger partial charge is 0.370 e. The molecule has 1 unspecified atom stereocenters. The Labute approximate surface area is 95.4 Å². The van der Waals surface area contributed by atoms with Crippen LogP contribution in [0, 0.1) is 0 Å². The number of hydrogen-bond acceptors (Lipinski definition) is 5. The molecule has 0 bridgehead atoms. The molecule has 1 aliphatic heterocycles. The Morgan fingerprint density at radius 1 is 1.56 bits per heavy atom. The molecular formula is C11H17N5. The van der Waals surface area contributed by atoms with Gasteiger partial charge in [0.2, 0.25) is 5.96 Å². The second-order valence-electron chi connectivity index (χ2n) is 4.00. The normalized spacial score (nSPS) is 23.4. The summed E-state index contributed by atoms with van der Waals surface area (Å²) in [5.74, 6) is 1.21. The minimum atomic E-state index is -0.105. The number of rotatable bonds is 2. The zero-order chi connectivity index (χ0) is 11.5. The molecule has 0 amide bonds. The van der Waals surface area contributed by atoms with Crippen molar-refractivity contribution < 1.29 is 0 Å². The van der Waals surface area contributed by atoms with Crippen LogP contribution in [0.1, 0.15) is 13.3 Å². The highest BCUT2D eigenvalue weighted by Crippen LogP contribution is 2.10. The number of hydrogen-bond donors (Lipinski definition) is 2. The van der Waals surface area contributed by atoms with E-state index in [-0.39, 0.29) is 6.17 Å². The summed E-state index contributed by atoms with van der Waals surface area (Å²) >= 11 is 0. The van der Waals surface area contributed by atoms with Crippen LogP contribution in [0.25, 0.3) is 0 Å². The van der Waals surface area contributed by atoms with Crippen LogP contribution in [0.3, 0.4) is 0 Å². The van der Waals surface area contributed by atoms with E-state index >= 15 is 0 Å². The van der Waals surface area contributed by atoms with Crippen molar-refractivity contribution in [3.63, 3.8) is 0 Å². The van der Waals surface area contributed by atoms with Crippen LogP contribution in [0.2, 0.25) is 0 Å². The first-order valence-electron chi connectivity index (χ1n) is 5.40. The van der Waals surface area contributed by atoms with Gasteiger partial charge in [-0.1, -0.05) is 18.2 Å². The number of nitrogens with one attached hydrogen (secondary N) is 1. The summed E-state index contributed by atoms with van der Waals surface area (Å²) in [7, 11) is 1.99. The van der Waals surface area contributed by atoms with E-state index in [2.05, 4.69) is 33.5 Å². The summed E-state index contributed by atoms with van der Waals surface area (Å²) < 4.78 is 0. The zero-order valence-corrected chi connectivity index (χ0v) is 9.64. The smallest absolute Gasteiger partial charge is 0.202 e. The molecule has 0 saturated heterocycles. The molecule has 3 N–H and O–H groups in total. The Kier molecular flexibility index (Phi) is 2.94. The van der Waals surface area contributed by atoms with Gasteiger partial charge in [0, 0.05) is 13.6 Å². The number of nitrogens with two attached hydrogens (primary N) is 1. The second-order valence-corrected chi connectivity index (χ2v) is 4.00. The van der Waals surface area contributed by atoms with E-state index in [1.54, 1.807) is 0 Å². The third-order valence-electron chi connectivity index (χ3n) is 2.50. The molecule has 0 spiro atoms. The van der Waals surface area contributed by atoms with Crippen LogP contribution in [-0.4, -0.2) is 36.6 Å². The van der Waals surface area contributed by atoms with Gasteiger partial charge in [-0.05, 0) is 18.9 Å². The quantitative estimate of drug-likeness (QED) is 0.707. The molecule has 5 nitrogen and oxygen atoms in total. The Morgan fingerprint density at radius 2 is 2.38 bits per heavy atom. The van der Waals surface area contributed by atoms with Crippen molar-refractivity contribution in [3.8, 4) is 0 Å². The Morgan fingerprint density at radius 3 is 3.00 bits per heavy atom. The lowest BCUT2D eigenvalue weighted by molar-refractivity contribution is 0.526. The van der Waals surface area contributed by atoms with Gasteiger partial charge in [-0.15, -0.1) is 0 Å². The van der Waals surface area contributed by atoms with Crippen LogP contribution in [-0.2, 0) is 0 Å². The predicted octanol–water partition coefficient (Wildman–Crippen LogP) is 0.424. The maximum atomic E-state index is 5.66. The van der Waals surface area contributed by atoms with Crippen molar-refractivity contribution in [2.75, 3.05) is 13.6 Å². The van der Waals surface area contributed by atoms with Gasteiger partial charge >= 0.3 is 0 Å². The molecule has 0 aromatic rings. The molecule has 1 atom stereocenters. The van der Waals surface area contributed by atoms with Gasteiger partial charge in [0.15, 0.2) is 5.96 Å². The van der Waals surface area contributed by atoms with E-state index in [1.165, 1.54) is 5.57 Å². The number of aliphatic imine (C=N–C) groups is 2. The molecule has 5 heteroatoms. The van der Waals surface area contributed by atoms with Crippen molar-refractivity contribution in [2.45, 2.75) is 19.5 Å². The Hall–Kier alpha value is -1.78. The summed E-state index contributed by atoms with van der Waals surface area (Å²) in [5, 5.41) is 2.97. The molecule has 2 rings (SSSR count). The first-order valence-corrected chi connectivity index (χ1v) is 5.40. The van der Waals surface area contributed by atoms with Gasteiger partial charge in [-0.25, -0.2) is 9.98 Å². The monoisotopic (exact) mass is 219 g/mol. The van der Waals surface area contributed by atoms with Gasteiger partial charge in [-0.2, -0.15) is 0 Å². The van der Waals surface area contributed by atoms with Crippen molar-refractivity contribution in [3.05, 3.63) is 23.8 Å². The fraction of sp³-hybridized carbons (Fsp3) is 0.455. The van der Waals surface area contributed by atoms with Crippen LogP contribution in [0.4, 0.5) is 0 Å². The molecule has 1 aliphatic carbocycles. The molecule has 16 heavy (non-hydrogen) atoms. The first kappa shape index (κ1) is 10.7. The summed E-state index contributed by atoms with van der Waals surface area (Å²) in [6.07, 6.45) is 7.43. The first-order chi connectivity index (χ1) is 7.65. The Balaban J connectivity index is 1.99. The van der Waals surface area contributed by atoms with Crippen LogP contribution in [0.15, 0.2) is 33.8 Å². The topological polar surface area (TPSA) is 66.0 Å². The van der Waals surface area contributed by atoms with E-state index in [0.717, 1.165) is 18.9 Å². The molecule has 0 aromatic heterocycles. The third kappa shape index (κ3) is 2.42. The summed E-state index contributed by atoms with van der Waals surface area (Å²) in [4.78, 5) is 10.5. The summed E-state index contributed by atoms with van der Waals surface area (Å²) in [6, 6.07) is 0. The highest BCUT2D eigenvalue weighted by molar-refractivity contribution is 5.99. The highest BCUT2D eigenvalue weighted by Gasteiger charge is 2.15. The molecule has 0 saturated carbocycles.